The molecule has 0 radical (unpaired) electrons. The van der Waals surface area contributed by atoms with Crippen molar-refractivity contribution in [3.05, 3.63) is 0 Å². The average Bonchev–Trinajstić information content (AvgIpc) is 2.95. The maximum absolute atomic E-state index is 12.4. The molecule has 1 amide bonds. The molecule has 0 aromatic rings. The van der Waals surface area contributed by atoms with Gasteiger partial charge < -0.3 is 20.5 Å². The molecule has 1 saturated carbocycles. The van der Waals surface area contributed by atoms with Gasteiger partial charge in [-0.25, -0.2) is 0 Å². The molecule has 2 aliphatic heterocycles. The van der Waals surface area contributed by atoms with Gasteiger partial charge in [0.05, 0.1) is 25.3 Å². The second kappa shape index (κ2) is 6.32. The number of carboxylic acid groups (broad SMARTS) is 1. The molecule has 3 rings (SSSR count). The van der Waals surface area contributed by atoms with Crippen LogP contribution in [0.3, 0.4) is 0 Å². The van der Waals surface area contributed by atoms with Gasteiger partial charge >= 0.3 is 5.97 Å². The van der Waals surface area contributed by atoms with Crippen LogP contribution in [0.1, 0.15) is 38.5 Å². The summed E-state index contributed by atoms with van der Waals surface area (Å²) in [4.78, 5) is 23.5. The van der Waals surface area contributed by atoms with Gasteiger partial charge in [-0.2, -0.15) is 0 Å². The van der Waals surface area contributed by atoms with Crippen molar-refractivity contribution >= 4 is 11.9 Å². The summed E-state index contributed by atoms with van der Waals surface area (Å²) in [6, 6.07) is -0.126. The second-order valence-electron chi connectivity index (χ2n) is 6.54. The minimum Gasteiger partial charge on any atom is -0.481 e. The van der Waals surface area contributed by atoms with Gasteiger partial charge in [0.1, 0.15) is 5.92 Å². The Morgan fingerprint density at radius 1 is 1.10 bits per heavy atom. The topological polar surface area (TPSA) is 87.7 Å². The third-order valence-corrected chi connectivity index (χ3v) is 5.19. The standard InChI is InChI=1S/C15H24N2O4/c18-14(17-13-8-21-7-10(13)15(19)20)12-6-5-9-3-1-2-4-11(9)16-12/h9-13,16H,1-8H2,(H,17,18)(H,19,20). The Morgan fingerprint density at radius 2 is 1.90 bits per heavy atom. The van der Waals surface area contributed by atoms with E-state index in [4.69, 9.17) is 9.84 Å². The van der Waals surface area contributed by atoms with Crippen LogP contribution in [0.25, 0.3) is 0 Å². The lowest BCUT2D eigenvalue weighted by molar-refractivity contribution is -0.142. The third-order valence-electron chi connectivity index (χ3n) is 5.19. The number of aliphatic carboxylic acids is 1. The summed E-state index contributed by atoms with van der Waals surface area (Å²) in [6.07, 6.45) is 6.90. The van der Waals surface area contributed by atoms with E-state index in [0.717, 1.165) is 19.3 Å². The maximum atomic E-state index is 12.4. The van der Waals surface area contributed by atoms with Gasteiger partial charge in [0.15, 0.2) is 0 Å². The Morgan fingerprint density at radius 3 is 2.71 bits per heavy atom. The van der Waals surface area contributed by atoms with E-state index in [-0.39, 0.29) is 18.6 Å². The molecular formula is C15H24N2O4. The molecule has 21 heavy (non-hydrogen) atoms. The van der Waals surface area contributed by atoms with Crippen LogP contribution in [0.5, 0.6) is 0 Å². The predicted molar refractivity (Wildman–Crippen MR) is 75.8 cm³/mol. The fourth-order valence-corrected chi connectivity index (χ4v) is 3.93. The minimum atomic E-state index is -0.901. The van der Waals surface area contributed by atoms with Gasteiger partial charge in [-0.3, -0.25) is 9.59 Å². The Bertz CT molecular complexity index is 414. The van der Waals surface area contributed by atoms with Crippen molar-refractivity contribution < 1.29 is 19.4 Å². The summed E-state index contributed by atoms with van der Waals surface area (Å²) in [7, 11) is 0. The molecule has 1 aliphatic carbocycles. The van der Waals surface area contributed by atoms with Crippen LogP contribution >= 0.6 is 0 Å². The lowest BCUT2D eigenvalue weighted by atomic mass is 9.77. The van der Waals surface area contributed by atoms with E-state index in [9.17, 15) is 9.59 Å². The van der Waals surface area contributed by atoms with Gasteiger partial charge in [-0.15, -0.1) is 0 Å². The lowest BCUT2D eigenvalue weighted by Crippen LogP contribution is -2.57. The fraction of sp³-hybridized carbons (Fsp3) is 0.867. The highest BCUT2D eigenvalue weighted by molar-refractivity contribution is 5.83. The van der Waals surface area contributed by atoms with E-state index in [1.165, 1.54) is 19.3 Å². The van der Waals surface area contributed by atoms with E-state index in [1.807, 2.05) is 0 Å². The zero-order valence-electron chi connectivity index (χ0n) is 12.2. The molecule has 118 valence electrons. The molecule has 3 aliphatic rings. The van der Waals surface area contributed by atoms with Crippen LogP contribution < -0.4 is 10.6 Å². The first-order chi connectivity index (χ1) is 10.1. The van der Waals surface area contributed by atoms with E-state index >= 15 is 0 Å². The maximum Gasteiger partial charge on any atom is 0.311 e. The van der Waals surface area contributed by atoms with Gasteiger partial charge in [-0.1, -0.05) is 12.8 Å². The zero-order chi connectivity index (χ0) is 14.8. The van der Waals surface area contributed by atoms with Crippen LogP contribution in [0, 0.1) is 11.8 Å². The summed E-state index contributed by atoms with van der Waals surface area (Å²) in [6.45, 7) is 0.477. The van der Waals surface area contributed by atoms with E-state index in [0.29, 0.717) is 18.6 Å². The van der Waals surface area contributed by atoms with Crippen molar-refractivity contribution in [1.82, 2.24) is 10.6 Å². The molecule has 3 fully saturated rings. The van der Waals surface area contributed by atoms with Crippen LogP contribution in [0.15, 0.2) is 0 Å². The molecule has 3 N–H and O–H groups in total. The van der Waals surface area contributed by atoms with Crippen molar-refractivity contribution in [2.75, 3.05) is 13.2 Å². The highest BCUT2D eigenvalue weighted by Gasteiger charge is 2.38. The van der Waals surface area contributed by atoms with E-state index < -0.39 is 17.9 Å². The molecule has 0 bridgehead atoms. The fourth-order valence-electron chi connectivity index (χ4n) is 3.93. The Balaban J connectivity index is 1.54. The summed E-state index contributed by atoms with van der Waals surface area (Å²) >= 11 is 0. The van der Waals surface area contributed by atoms with Crippen molar-refractivity contribution in [2.24, 2.45) is 11.8 Å². The molecule has 0 aromatic carbocycles. The van der Waals surface area contributed by atoms with Crippen LogP contribution in [0.4, 0.5) is 0 Å². The van der Waals surface area contributed by atoms with Crippen molar-refractivity contribution in [3.63, 3.8) is 0 Å². The average molecular weight is 296 g/mol. The highest BCUT2D eigenvalue weighted by Crippen LogP contribution is 2.32. The molecular weight excluding hydrogens is 272 g/mol. The molecule has 2 heterocycles. The van der Waals surface area contributed by atoms with Gasteiger partial charge in [0.25, 0.3) is 0 Å². The normalized spacial score (nSPS) is 39.5. The summed E-state index contributed by atoms with van der Waals surface area (Å²) in [5.74, 6) is -0.883. The molecule has 5 atom stereocenters. The minimum absolute atomic E-state index is 0.0687. The Hall–Kier alpha value is -1.14. The van der Waals surface area contributed by atoms with Crippen molar-refractivity contribution in [1.29, 1.82) is 0 Å². The first-order valence-electron chi connectivity index (χ1n) is 8.02. The number of nitrogens with one attached hydrogen (secondary N) is 2. The van der Waals surface area contributed by atoms with E-state index in [2.05, 4.69) is 10.6 Å². The number of carbonyl (C=O) groups is 2. The number of piperidine rings is 1. The predicted octanol–water partition coefficient (Wildman–Crippen LogP) is 0.513. The van der Waals surface area contributed by atoms with Crippen LogP contribution in [0.2, 0.25) is 0 Å². The number of fused-ring (bicyclic) bond motifs is 1. The zero-order valence-corrected chi connectivity index (χ0v) is 12.2. The third kappa shape index (κ3) is 3.21. The van der Waals surface area contributed by atoms with Gasteiger partial charge in [0, 0.05) is 6.04 Å². The number of rotatable bonds is 3. The molecule has 2 saturated heterocycles. The highest BCUT2D eigenvalue weighted by atomic mass is 16.5. The first kappa shape index (κ1) is 14.8. The molecule has 0 spiro atoms. The van der Waals surface area contributed by atoms with Crippen molar-refractivity contribution in [2.45, 2.75) is 56.7 Å². The lowest BCUT2D eigenvalue weighted by Gasteiger charge is -2.40. The number of carboxylic acids is 1. The SMILES string of the molecule is O=C(NC1COCC1C(=O)O)C1CCC2CCCCC2N1. The summed E-state index contributed by atoms with van der Waals surface area (Å²) in [5, 5.41) is 15.5. The number of amides is 1. The molecule has 0 aromatic heterocycles. The molecule has 6 nitrogen and oxygen atoms in total. The Kier molecular flexibility index (Phi) is 4.45. The van der Waals surface area contributed by atoms with Crippen LogP contribution in [-0.2, 0) is 14.3 Å². The quantitative estimate of drug-likeness (QED) is 0.706. The first-order valence-corrected chi connectivity index (χ1v) is 8.02. The monoisotopic (exact) mass is 296 g/mol. The smallest absolute Gasteiger partial charge is 0.311 e. The van der Waals surface area contributed by atoms with Gasteiger partial charge in [-0.05, 0) is 31.6 Å². The van der Waals surface area contributed by atoms with Crippen LogP contribution in [-0.4, -0.2) is 48.3 Å². The summed E-state index contributed by atoms with van der Waals surface area (Å²) in [5.41, 5.74) is 0. The summed E-state index contributed by atoms with van der Waals surface area (Å²) < 4.78 is 5.19. The van der Waals surface area contributed by atoms with E-state index in [1.54, 1.807) is 0 Å². The number of carbonyl (C=O) groups excluding carboxylic acids is 1. The molecule has 6 heteroatoms. The van der Waals surface area contributed by atoms with Gasteiger partial charge in [0.2, 0.25) is 5.91 Å². The number of hydrogen-bond donors (Lipinski definition) is 3. The van der Waals surface area contributed by atoms with Crippen molar-refractivity contribution in [3.8, 4) is 0 Å². The second-order valence-corrected chi connectivity index (χ2v) is 6.54. The largest absolute Gasteiger partial charge is 0.481 e. The Labute approximate surface area is 124 Å². The number of hydrogen-bond acceptors (Lipinski definition) is 4. The number of ether oxygens (including phenoxy) is 1. The molecule has 5 unspecified atom stereocenters.